The van der Waals surface area contributed by atoms with Gasteiger partial charge in [0.05, 0.1) is 0 Å². The molecule has 0 spiro atoms. The molecule has 1 atom stereocenters. The van der Waals surface area contributed by atoms with Gasteiger partial charge in [0.15, 0.2) is 0 Å². The predicted octanol–water partition coefficient (Wildman–Crippen LogP) is 12.5. The Morgan fingerprint density at radius 3 is 1.32 bits per heavy atom. The largest absolute Gasteiger partial charge is 0.344 e. The summed E-state index contributed by atoms with van der Waals surface area (Å²) in [6.07, 6.45) is 41.9. The van der Waals surface area contributed by atoms with Gasteiger partial charge in [0.25, 0.3) is 0 Å². The highest BCUT2D eigenvalue weighted by molar-refractivity contribution is 4.92. The molecular formula is C33H67N. The van der Waals surface area contributed by atoms with E-state index in [-0.39, 0.29) is 6.15 Å². The number of allylic oxidation sites excluding steroid dienone is 4. The Bertz CT molecular complexity index is 409. The lowest BCUT2D eigenvalue weighted by Gasteiger charge is -2.19. The van der Waals surface area contributed by atoms with Crippen LogP contribution in [0.4, 0.5) is 0 Å². The third kappa shape index (κ3) is 29.5. The van der Waals surface area contributed by atoms with Crippen molar-refractivity contribution in [3.63, 3.8) is 0 Å². The van der Waals surface area contributed by atoms with Crippen molar-refractivity contribution in [2.45, 2.75) is 175 Å². The maximum Gasteiger partial charge on any atom is -0.0169 e. The van der Waals surface area contributed by atoms with Crippen molar-refractivity contribution in [3.05, 3.63) is 24.3 Å². The van der Waals surface area contributed by atoms with Crippen molar-refractivity contribution < 1.29 is 0 Å². The minimum atomic E-state index is 0. The highest BCUT2D eigenvalue weighted by atomic mass is 14.2. The van der Waals surface area contributed by atoms with E-state index in [1.165, 1.54) is 141 Å². The first-order chi connectivity index (χ1) is 16.2. The molecule has 0 aromatic heterocycles. The Balaban J connectivity index is 0. The van der Waals surface area contributed by atoms with Gasteiger partial charge in [-0.2, -0.15) is 0 Å². The third-order valence-corrected chi connectivity index (χ3v) is 7.08. The SMILES string of the molecule is CCCCCC=CCC=CCCCCCCCCCC(CCCCCCCCC)CC(C)C.N. The topological polar surface area (TPSA) is 35.0 Å². The van der Waals surface area contributed by atoms with E-state index in [1.807, 2.05) is 0 Å². The molecule has 34 heavy (non-hydrogen) atoms. The maximum atomic E-state index is 2.41. The van der Waals surface area contributed by atoms with Crippen LogP contribution in [0.25, 0.3) is 0 Å². The molecule has 0 amide bonds. The van der Waals surface area contributed by atoms with Gasteiger partial charge in [-0.3, -0.25) is 0 Å². The van der Waals surface area contributed by atoms with Crippen LogP contribution in [-0.4, -0.2) is 0 Å². The van der Waals surface area contributed by atoms with Crippen molar-refractivity contribution in [2.75, 3.05) is 0 Å². The molecule has 0 aromatic carbocycles. The molecule has 3 N–H and O–H groups in total. The van der Waals surface area contributed by atoms with Gasteiger partial charge in [0.1, 0.15) is 0 Å². The predicted molar refractivity (Wildman–Crippen MR) is 159 cm³/mol. The van der Waals surface area contributed by atoms with Crippen molar-refractivity contribution in [1.82, 2.24) is 6.15 Å². The Morgan fingerprint density at radius 1 is 0.471 bits per heavy atom. The van der Waals surface area contributed by atoms with Crippen LogP contribution in [0.3, 0.4) is 0 Å². The van der Waals surface area contributed by atoms with Gasteiger partial charge in [-0.15, -0.1) is 0 Å². The summed E-state index contributed by atoms with van der Waals surface area (Å²) in [4.78, 5) is 0. The molecule has 0 aliphatic rings. The van der Waals surface area contributed by atoms with Crippen LogP contribution in [0.1, 0.15) is 175 Å². The number of hydrogen-bond acceptors (Lipinski definition) is 1. The van der Waals surface area contributed by atoms with Crippen molar-refractivity contribution in [3.8, 4) is 0 Å². The molecule has 0 radical (unpaired) electrons. The molecule has 0 fully saturated rings. The Kier molecular flexibility index (Phi) is 31.9. The smallest absolute Gasteiger partial charge is 0.0169 e. The third-order valence-electron chi connectivity index (χ3n) is 7.08. The number of hydrogen-bond donors (Lipinski definition) is 1. The highest BCUT2D eigenvalue weighted by Gasteiger charge is 2.10. The molecule has 0 saturated carbocycles. The molecule has 204 valence electrons. The number of rotatable bonds is 26. The first-order valence-corrected chi connectivity index (χ1v) is 15.5. The highest BCUT2D eigenvalue weighted by Crippen LogP contribution is 2.25. The van der Waals surface area contributed by atoms with Crippen LogP contribution >= 0.6 is 0 Å². The Morgan fingerprint density at radius 2 is 0.853 bits per heavy atom. The van der Waals surface area contributed by atoms with E-state index in [9.17, 15) is 0 Å². The van der Waals surface area contributed by atoms with E-state index in [1.54, 1.807) is 0 Å². The maximum absolute atomic E-state index is 2.41. The quantitative estimate of drug-likeness (QED) is 0.0975. The average Bonchev–Trinajstić information content (AvgIpc) is 2.80. The molecule has 0 bridgehead atoms. The zero-order valence-corrected chi connectivity index (χ0v) is 24.4. The van der Waals surface area contributed by atoms with Crippen molar-refractivity contribution in [1.29, 1.82) is 0 Å². The van der Waals surface area contributed by atoms with Gasteiger partial charge >= 0.3 is 0 Å². The van der Waals surface area contributed by atoms with E-state index < -0.39 is 0 Å². The zero-order valence-electron chi connectivity index (χ0n) is 24.4. The van der Waals surface area contributed by atoms with Gasteiger partial charge in [-0.1, -0.05) is 161 Å². The Labute approximate surface area is 217 Å². The summed E-state index contributed by atoms with van der Waals surface area (Å²) in [6.45, 7) is 9.41. The molecule has 0 saturated heterocycles. The van der Waals surface area contributed by atoms with Crippen LogP contribution in [0.2, 0.25) is 0 Å². The van der Waals surface area contributed by atoms with Crippen LogP contribution in [0, 0.1) is 11.8 Å². The van der Waals surface area contributed by atoms with Gasteiger partial charge < -0.3 is 6.15 Å². The summed E-state index contributed by atoms with van der Waals surface area (Å²) in [7, 11) is 0. The second-order valence-corrected chi connectivity index (χ2v) is 11.1. The molecule has 0 rings (SSSR count). The fourth-order valence-electron chi connectivity index (χ4n) is 5.03. The molecule has 0 aliphatic heterocycles. The average molecular weight is 478 g/mol. The summed E-state index contributed by atoms with van der Waals surface area (Å²) in [5, 5.41) is 0. The molecular weight excluding hydrogens is 410 g/mol. The standard InChI is InChI=1S/C33H64.H3N/c1-5-7-9-11-13-14-15-16-17-18-19-20-21-22-24-26-28-30-33(31-32(3)4)29-27-25-23-12-10-8-6-2;/h13-14,16-17,32-33H,5-12,15,18-31H2,1-4H3;1H3. The molecule has 1 unspecified atom stereocenters. The summed E-state index contributed by atoms with van der Waals surface area (Å²) in [6, 6.07) is 0. The van der Waals surface area contributed by atoms with Gasteiger partial charge in [0.2, 0.25) is 0 Å². The first kappa shape index (κ1) is 35.6. The fourth-order valence-corrected chi connectivity index (χ4v) is 5.03. The second-order valence-electron chi connectivity index (χ2n) is 11.1. The lowest BCUT2D eigenvalue weighted by molar-refractivity contribution is 0.338. The van der Waals surface area contributed by atoms with Crippen LogP contribution < -0.4 is 6.15 Å². The van der Waals surface area contributed by atoms with Gasteiger partial charge in [-0.25, -0.2) is 0 Å². The van der Waals surface area contributed by atoms with E-state index in [0.717, 1.165) is 18.3 Å². The molecule has 0 aromatic rings. The number of unbranched alkanes of at least 4 members (excludes halogenated alkanes) is 16. The van der Waals surface area contributed by atoms with Crippen molar-refractivity contribution in [2.24, 2.45) is 11.8 Å². The zero-order chi connectivity index (χ0) is 24.2. The van der Waals surface area contributed by atoms with Crippen LogP contribution in [-0.2, 0) is 0 Å². The lowest BCUT2D eigenvalue weighted by atomic mass is 9.87. The fraction of sp³-hybridized carbons (Fsp3) is 0.879. The Hall–Kier alpha value is -0.560. The van der Waals surface area contributed by atoms with E-state index in [0.29, 0.717) is 0 Å². The summed E-state index contributed by atoms with van der Waals surface area (Å²) in [5.74, 6) is 1.87. The summed E-state index contributed by atoms with van der Waals surface area (Å²) >= 11 is 0. The van der Waals surface area contributed by atoms with Gasteiger partial charge in [-0.05, 0) is 50.4 Å². The lowest BCUT2D eigenvalue weighted by Crippen LogP contribution is -2.05. The van der Waals surface area contributed by atoms with Gasteiger partial charge in [0, 0.05) is 0 Å². The molecule has 0 aliphatic carbocycles. The van der Waals surface area contributed by atoms with Crippen LogP contribution in [0.15, 0.2) is 24.3 Å². The minimum absolute atomic E-state index is 0. The van der Waals surface area contributed by atoms with Crippen molar-refractivity contribution >= 4 is 0 Å². The minimum Gasteiger partial charge on any atom is -0.344 e. The van der Waals surface area contributed by atoms with E-state index >= 15 is 0 Å². The summed E-state index contributed by atoms with van der Waals surface area (Å²) in [5.41, 5.74) is 0. The summed E-state index contributed by atoms with van der Waals surface area (Å²) < 4.78 is 0. The molecule has 1 nitrogen and oxygen atoms in total. The molecule has 0 heterocycles. The van der Waals surface area contributed by atoms with Crippen LogP contribution in [0.5, 0.6) is 0 Å². The monoisotopic (exact) mass is 478 g/mol. The normalized spacial score (nSPS) is 12.7. The first-order valence-electron chi connectivity index (χ1n) is 15.5. The van der Waals surface area contributed by atoms with E-state index in [2.05, 4.69) is 52.0 Å². The molecule has 1 heteroatoms. The second kappa shape index (κ2) is 30.5. The van der Waals surface area contributed by atoms with E-state index in [4.69, 9.17) is 0 Å².